The number of hydrogen-bond donors (Lipinski definition) is 3. The summed E-state index contributed by atoms with van der Waals surface area (Å²) < 4.78 is 19.6. The highest BCUT2D eigenvalue weighted by Gasteiger charge is 2.31. The smallest absolute Gasteiger partial charge is 0.318 e. The highest BCUT2D eigenvalue weighted by molar-refractivity contribution is 5.83. The summed E-state index contributed by atoms with van der Waals surface area (Å²) in [6, 6.07) is 23.5. The third-order valence-corrected chi connectivity index (χ3v) is 17.2. The Kier molecular flexibility index (Phi) is 27.3. The van der Waals surface area contributed by atoms with Crippen molar-refractivity contribution in [2.75, 3.05) is 0 Å². The molecular formula is C85H94O9. The molecule has 0 aromatic heterocycles. The molecule has 3 N–H and O–H groups in total. The van der Waals surface area contributed by atoms with Gasteiger partial charge in [-0.25, -0.2) is 0 Å². The fourth-order valence-corrected chi connectivity index (χ4v) is 12.2. The quantitative estimate of drug-likeness (QED) is 0.0196. The normalized spacial score (nSPS) is 12.5. The van der Waals surface area contributed by atoms with Gasteiger partial charge < -0.3 is 29.5 Å². The van der Waals surface area contributed by atoms with E-state index in [1.165, 1.54) is 0 Å². The second kappa shape index (κ2) is 35.2. The number of benzene rings is 6. The van der Waals surface area contributed by atoms with Crippen LogP contribution in [0.2, 0.25) is 0 Å². The average Bonchev–Trinajstić information content (AvgIpc) is 0.823. The van der Waals surface area contributed by atoms with Gasteiger partial charge >= 0.3 is 17.9 Å². The number of carbonyl (C=O) groups excluding carboxylic acids is 3. The Hall–Kier alpha value is -9.99. The summed E-state index contributed by atoms with van der Waals surface area (Å²) in [6.45, 7) is 55.7. The van der Waals surface area contributed by atoms with Crippen molar-refractivity contribution in [2.24, 2.45) is 0 Å². The predicted octanol–water partition coefficient (Wildman–Crippen LogP) is 19.0. The number of rotatable bonds is 38. The van der Waals surface area contributed by atoms with Gasteiger partial charge in [-0.15, -0.1) is 78.9 Å². The largest absolute Gasteiger partial charge is 0.507 e. The summed E-state index contributed by atoms with van der Waals surface area (Å²) in [5.74, 6) is -2.47. The van der Waals surface area contributed by atoms with Crippen molar-refractivity contribution >= 4 is 17.9 Å². The number of hydrogen-bond acceptors (Lipinski definition) is 9. The number of esters is 3. The van der Waals surface area contributed by atoms with Gasteiger partial charge in [-0.2, -0.15) is 0 Å². The molecule has 94 heavy (non-hydrogen) atoms. The van der Waals surface area contributed by atoms with E-state index in [1.807, 2.05) is 36.4 Å². The molecule has 9 nitrogen and oxygen atoms in total. The van der Waals surface area contributed by atoms with Crippen molar-refractivity contribution in [1.82, 2.24) is 0 Å². The van der Waals surface area contributed by atoms with Crippen LogP contribution in [0.1, 0.15) is 164 Å². The molecule has 0 heterocycles. The lowest BCUT2D eigenvalue weighted by molar-refractivity contribution is -0.136. The maximum absolute atomic E-state index is 14.6. The van der Waals surface area contributed by atoms with Crippen LogP contribution in [-0.4, -0.2) is 33.2 Å². The van der Waals surface area contributed by atoms with Crippen LogP contribution in [0.5, 0.6) is 34.5 Å². The van der Waals surface area contributed by atoms with Crippen molar-refractivity contribution in [3.63, 3.8) is 0 Å². The Balaban J connectivity index is 1.55. The Morgan fingerprint density at radius 2 is 0.468 bits per heavy atom. The maximum atomic E-state index is 14.6. The van der Waals surface area contributed by atoms with Crippen molar-refractivity contribution in [2.45, 2.75) is 141 Å². The van der Waals surface area contributed by atoms with Crippen LogP contribution >= 0.6 is 0 Å². The van der Waals surface area contributed by atoms with Crippen LogP contribution in [0, 0.1) is 0 Å². The summed E-state index contributed by atoms with van der Waals surface area (Å²) in [6.07, 6.45) is 26.1. The molecule has 0 radical (unpaired) electrons. The predicted molar refractivity (Wildman–Crippen MR) is 387 cm³/mol. The van der Waals surface area contributed by atoms with E-state index in [0.29, 0.717) is 151 Å². The van der Waals surface area contributed by atoms with Crippen molar-refractivity contribution < 1.29 is 43.9 Å². The van der Waals surface area contributed by atoms with Crippen molar-refractivity contribution in [3.05, 3.63) is 325 Å². The number of phenols is 3. The minimum Gasteiger partial charge on any atom is -0.507 e. The van der Waals surface area contributed by atoms with Crippen LogP contribution in [0.15, 0.2) is 225 Å². The number of carbonyl (C=O) groups is 3. The Morgan fingerprint density at radius 3 is 0.660 bits per heavy atom. The first-order valence-corrected chi connectivity index (χ1v) is 32.2. The Labute approximate surface area is 559 Å². The van der Waals surface area contributed by atoms with Gasteiger partial charge in [0, 0.05) is 5.92 Å². The second-order valence-electron chi connectivity index (χ2n) is 24.1. The molecule has 6 aromatic carbocycles. The van der Waals surface area contributed by atoms with E-state index >= 15 is 0 Å². The molecule has 6 rings (SSSR count). The molecule has 0 saturated heterocycles. The van der Waals surface area contributed by atoms with E-state index in [9.17, 15) is 29.7 Å². The van der Waals surface area contributed by atoms with Crippen LogP contribution in [0.25, 0.3) is 0 Å². The van der Waals surface area contributed by atoms with E-state index in [0.717, 1.165) is 50.1 Å². The molecule has 488 valence electrons. The second-order valence-corrected chi connectivity index (χ2v) is 24.1. The fourth-order valence-electron chi connectivity index (χ4n) is 12.2. The lowest BCUT2D eigenvalue weighted by atomic mass is 9.78. The molecule has 4 unspecified atom stereocenters. The molecule has 0 fully saturated rings. The molecule has 0 aliphatic rings. The first-order chi connectivity index (χ1) is 45.2. The molecular weight excluding hydrogens is 1160 g/mol. The minimum atomic E-state index is -0.734. The van der Waals surface area contributed by atoms with Gasteiger partial charge in [0.25, 0.3) is 0 Å². The van der Waals surface area contributed by atoms with Gasteiger partial charge in [0.2, 0.25) is 0 Å². The van der Waals surface area contributed by atoms with Gasteiger partial charge in [-0.1, -0.05) is 153 Å². The molecule has 0 aliphatic heterocycles. The molecule has 0 aliphatic carbocycles. The highest BCUT2D eigenvalue weighted by atomic mass is 16.5. The fraction of sp³-hybridized carbons (Fsp3) is 0.259. The molecule has 0 bridgehead atoms. The molecule has 4 atom stereocenters. The average molecular weight is 1260 g/mol. The van der Waals surface area contributed by atoms with Gasteiger partial charge in [0.1, 0.15) is 34.5 Å². The first-order valence-electron chi connectivity index (χ1n) is 32.2. The lowest BCUT2D eigenvalue weighted by Gasteiger charge is -2.28. The van der Waals surface area contributed by atoms with E-state index < -0.39 is 35.7 Å². The lowest BCUT2D eigenvalue weighted by Crippen LogP contribution is -2.19. The number of aromatic hydroxyl groups is 3. The van der Waals surface area contributed by atoms with Gasteiger partial charge in [-0.3, -0.25) is 14.4 Å². The first kappa shape index (κ1) is 73.1. The topological polar surface area (TPSA) is 140 Å². The summed E-state index contributed by atoms with van der Waals surface area (Å²) in [7, 11) is 0. The number of phenolic OH excluding ortho intramolecular Hbond substituents is 3. The van der Waals surface area contributed by atoms with Crippen LogP contribution in [-0.2, 0) is 91.4 Å². The van der Waals surface area contributed by atoms with Gasteiger partial charge in [0.15, 0.2) is 0 Å². The summed E-state index contributed by atoms with van der Waals surface area (Å²) >= 11 is 0. The Bertz CT molecular complexity index is 3550. The minimum absolute atomic E-state index is 0.145. The van der Waals surface area contributed by atoms with Gasteiger partial charge in [0.05, 0.1) is 17.8 Å². The molecule has 0 amide bonds. The zero-order chi connectivity index (χ0) is 68.8. The molecule has 9 heteroatoms. The number of allylic oxidation sites excluding steroid dienone is 12. The van der Waals surface area contributed by atoms with Crippen molar-refractivity contribution in [3.8, 4) is 34.5 Å². The Morgan fingerprint density at radius 1 is 0.298 bits per heavy atom. The standard InChI is InChI=1S/C85H94O9/c1-17-29-58-42-71(43-59(30-18-2)77(58)86)55(14)83(89)92-80-64(35-23-7)48-70(49-65(80)36-24-8)54(13)41-76(74-50-66(37-25-9)81(67(51-74)38-26-10)93-84(90)56(15)72-44-60(31-19-3)78(87)61(45-72)32-20-4)75-52-68(39-27-11)82(69(53-75)40-28-12)94-85(91)57(16)73-46-62(33-21-5)79(88)63(47-73)34-22-6/h17-28,42-57,76,86-88H,1-12,29-41H2,13-16H3. The summed E-state index contributed by atoms with van der Waals surface area (Å²) in [4.78, 5) is 43.7. The zero-order valence-electron chi connectivity index (χ0n) is 55.7. The van der Waals surface area contributed by atoms with E-state index in [1.54, 1.807) is 93.7 Å². The zero-order valence-corrected chi connectivity index (χ0v) is 55.7. The van der Waals surface area contributed by atoms with Gasteiger partial charge in [-0.05, 0) is 210 Å². The van der Waals surface area contributed by atoms with Crippen LogP contribution in [0.4, 0.5) is 0 Å². The molecule has 6 aromatic rings. The van der Waals surface area contributed by atoms with E-state index in [-0.39, 0.29) is 29.1 Å². The van der Waals surface area contributed by atoms with E-state index in [2.05, 4.69) is 122 Å². The maximum Gasteiger partial charge on any atom is 0.318 e. The molecule has 0 saturated carbocycles. The summed E-state index contributed by atoms with van der Waals surface area (Å²) in [5.41, 5.74) is 13.2. The highest BCUT2D eigenvalue weighted by Crippen LogP contribution is 2.44. The van der Waals surface area contributed by atoms with Crippen LogP contribution in [0.3, 0.4) is 0 Å². The van der Waals surface area contributed by atoms with Crippen molar-refractivity contribution in [1.29, 1.82) is 0 Å². The third-order valence-electron chi connectivity index (χ3n) is 17.2. The third kappa shape index (κ3) is 17.8. The van der Waals surface area contributed by atoms with Crippen LogP contribution < -0.4 is 14.2 Å². The summed E-state index contributed by atoms with van der Waals surface area (Å²) in [5, 5.41) is 33.3. The monoisotopic (exact) mass is 1260 g/mol. The molecule has 0 spiro atoms. The SMILES string of the molecule is C=CCc1cc(C(C)C(=O)Oc2c(CC=C)cc(C(C)CC(c3cc(CC=C)c(OC(=O)C(C)c4cc(CC=C)c(O)c(CC=C)c4)c(CC=C)c3)c3cc(CC=C)c(OC(=O)C(C)c4cc(CC=C)c(O)c(CC=C)c4)c(CC=C)c3)cc2CC=C)cc(CC=C)c1O. The van der Waals surface area contributed by atoms with E-state index in [4.69, 9.17) is 14.2 Å². The number of ether oxygens (including phenoxy) is 3.